The summed E-state index contributed by atoms with van der Waals surface area (Å²) < 4.78 is 0. The number of nitrogens with one attached hydrogen (secondary N) is 1. The van der Waals surface area contributed by atoms with Gasteiger partial charge in [-0.25, -0.2) is 4.98 Å². The molecule has 2 N–H and O–H groups in total. The standard InChI is InChI=1S/C22H31N3O2/c26-21(25-6-2-1-3-7-25)17-4-5-23-20(13-17)24-14-22(27)18-9-15-8-16(11-18)12-19(22)10-15/h4-5,13,15-16,18-19,27H,1-3,6-12,14H2,(H,23,24). The van der Waals surface area contributed by atoms with Crippen molar-refractivity contribution in [3.8, 4) is 0 Å². The Balaban J connectivity index is 1.27. The average Bonchev–Trinajstić information content (AvgIpc) is 2.70. The molecule has 27 heavy (non-hydrogen) atoms. The Morgan fingerprint density at radius 2 is 1.78 bits per heavy atom. The zero-order valence-corrected chi connectivity index (χ0v) is 16.1. The fraction of sp³-hybridized carbons (Fsp3) is 0.727. The van der Waals surface area contributed by atoms with E-state index in [0.717, 1.165) is 37.8 Å². The maximum Gasteiger partial charge on any atom is 0.254 e. The number of amides is 1. The SMILES string of the molecule is O=C(c1ccnc(NCC2(O)C3CC4CC(C3)CC2C4)c1)N1CCCCC1. The maximum absolute atomic E-state index is 12.7. The summed E-state index contributed by atoms with van der Waals surface area (Å²) in [6, 6.07) is 3.66. The van der Waals surface area contributed by atoms with E-state index in [4.69, 9.17) is 0 Å². The van der Waals surface area contributed by atoms with Gasteiger partial charge in [0.15, 0.2) is 0 Å². The lowest BCUT2D eigenvalue weighted by Gasteiger charge is -2.59. The van der Waals surface area contributed by atoms with Crippen LogP contribution >= 0.6 is 0 Å². The fourth-order valence-corrected chi connectivity index (χ4v) is 6.46. The monoisotopic (exact) mass is 369 g/mol. The zero-order chi connectivity index (χ0) is 18.4. The van der Waals surface area contributed by atoms with E-state index < -0.39 is 5.60 Å². The molecule has 5 nitrogen and oxygen atoms in total. The summed E-state index contributed by atoms with van der Waals surface area (Å²) in [6.07, 6.45) is 11.3. The second-order valence-corrected chi connectivity index (χ2v) is 9.43. The molecular formula is C22H31N3O2. The first-order valence-corrected chi connectivity index (χ1v) is 10.8. The van der Waals surface area contributed by atoms with Crippen molar-refractivity contribution in [1.29, 1.82) is 0 Å². The first-order chi connectivity index (χ1) is 13.1. The van der Waals surface area contributed by atoms with E-state index in [1.807, 2.05) is 11.0 Å². The van der Waals surface area contributed by atoms with Crippen molar-refractivity contribution >= 4 is 11.7 Å². The minimum Gasteiger partial charge on any atom is -0.387 e. The molecule has 1 saturated heterocycles. The van der Waals surface area contributed by atoms with Gasteiger partial charge in [-0.1, -0.05) is 0 Å². The number of anilines is 1. The Morgan fingerprint density at radius 3 is 2.44 bits per heavy atom. The number of likely N-dealkylation sites (tertiary alicyclic amines) is 1. The number of hydrogen-bond acceptors (Lipinski definition) is 4. The number of piperidine rings is 1. The van der Waals surface area contributed by atoms with Gasteiger partial charge in [0.2, 0.25) is 0 Å². The summed E-state index contributed by atoms with van der Waals surface area (Å²) in [5.41, 5.74) is 0.0913. The van der Waals surface area contributed by atoms with E-state index >= 15 is 0 Å². The van der Waals surface area contributed by atoms with Gasteiger partial charge < -0.3 is 15.3 Å². The Morgan fingerprint density at radius 1 is 1.11 bits per heavy atom. The Kier molecular flexibility index (Phi) is 4.38. The number of aromatic nitrogens is 1. The Bertz CT molecular complexity index is 685. The molecule has 5 fully saturated rings. The zero-order valence-electron chi connectivity index (χ0n) is 16.1. The normalized spacial score (nSPS) is 37.4. The van der Waals surface area contributed by atoms with Crippen molar-refractivity contribution in [3.63, 3.8) is 0 Å². The minimum atomic E-state index is -0.609. The minimum absolute atomic E-state index is 0.105. The lowest BCUT2D eigenvalue weighted by Crippen LogP contribution is -2.60. The number of hydrogen-bond donors (Lipinski definition) is 2. The van der Waals surface area contributed by atoms with Gasteiger partial charge in [0.05, 0.1) is 5.60 Å². The van der Waals surface area contributed by atoms with E-state index in [9.17, 15) is 9.90 Å². The second kappa shape index (κ2) is 6.77. The summed E-state index contributed by atoms with van der Waals surface area (Å²) >= 11 is 0. The number of nitrogens with zero attached hydrogens (tertiary/aromatic N) is 2. The predicted molar refractivity (Wildman–Crippen MR) is 104 cm³/mol. The smallest absolute Gasteiger partial charge is 0.254 e. The van der Waals surface area contributed by atoms with Gasteiger partial charge >= 0.3 is 0 Å². The van der Waals surface area contributed by atoms with Crippen LogP contribution in [0.4, 0.5) is 5.82 Å². The highest BCUT2D eigenvalue weighted by atomic mass is 16.3. The predicted octanol–water partition coefficient (Wildman–Crippen LogP) is 3.31. The molecular weight excluding hydrogens is 338 g/mol. The molecule has 5 heteroatoms. The van der Waals surface area contributed by atoms with E-state index in [-0.39, 0.29) is 5.91 Å². The molecule has 0 spiro atoms. The second-order valence-electron chi connectivity index (χ2n) is 9.43. The lowest BCUT2D eigenvalue weighted by atomic mass is 9.50. The largest absolute Gasteiger partial charge is 0.387 e. The summed E-state index contributed by atoms with van der Waals surface area (Å²) in [7, 11) is 0. The molecule has 0 unspecified atom stereocenters. The third-order valence-corrected chi connectivity index (χ3v) is 7.75. The molecule has 2 heterocycles. The van der Waals surface area contributed by atoms with E-state index in [0.29, 0.717) is 29.8 Å². The molecule has 1 aromatic rings. The number of rotatable bonds is 4. The summed E-state index contributed by atoms with van der Waals surface area (Å²) in [4.78, 5) is 19.1. The third-order valence-electron chi connectivity index (χ3n) is 7.75. The molecule has 5 aliphatic rings. The molecule has 0 atom stereocenters. The molecule has 6 rings (SSSR count). The lowest BCUT2D eigenvalue weighted by molar-refractivity contribution is -0.164. The average molecular weight is 370 g/mol. The van der Waals surface area contributed by atoms with Crippen LogP contribution in [-0.4, -0.2) is 46.1 Å². The van der Waals surface area contributed by atoms with Gasteiger partial charge in [-0.05, 0) is 87.2 Å². The van der Waals surface area contributed by atoms with Gasteiger partial charge in [-0.15, -0.1) is 0 Å². The van der Waals surface area contributed by atoms with Crippen molar-refractivity contribution in [2.24, 2.45) is 23.7 Å². The van der Waals surface area contributed by atoms with Crippen LogP contribution in [0.2, 0.25) is 0 Å². The quantitative estimate of drug-likeness (QED) is 0.855. The highest BCUT2D eigenvalue weighted by Crippen LogP contribution is 2.58. The van der Waals surface area contributed by atoms with Crippen LogP contribution in [0.3, 0.4) is 0 Å². The first-order valence-electron chi connectivity index (χ1n) is 10.8. The molecule has 1 aliphatic heterocycles. The van der Waals surface area contributed by atoms with Crippen LogP contribution in [0.15, 0.2) is 18.3 Å². The van der Waals surface area contributed by atoms with Crippen molar-refractivity contribution in [2.45, 2.75) is 57.0 Å². The Labute approximate surface area is 161 Å². The van der Waals surface area contributed by atoms with E-state index in [1.54, 1.807) is 12.3 Å². The van der Waals surface area contributed by atoms with Crippen molar-refractivity contribution in [3.05, 3.63) is 23.9 Å². The topological polar surface area (TPSA) is 65.5 Å². The van der Waals surface area contributed by atoms with Crippen LogP contribution in [-0.2, 0) is 0 Å². The molecule has 146 valence electrons. The van der Waals surface area contributed by atoms with Gasteiger partial charge in [-0.3, -0.25) is 4.79 Å². The van der Waals surface area contributed by atoms with Crippen molar-refractivity contribution in [1.82, 2.24) is 9.88 Å². The van der Waals surface area contributed by atoms with Crippen LogP contribution in [0.1, 0.15) is 61.7 Å². The molecule has 4 aliphatic carbocycles. The third kappa shape index (κ3) is 3.14. The van der Waals surface area contributed by atoms with Crippen molar-refractivity contribution in [2.75, 3.05) is 25.0 Å². The molecule has 0 aromatic carbocycles. The van der Waals surface area contributed by atoms with E-state index in [1.165, 1.54) is 38.5 Å². The maximum atomic E-state index is 12.7. The molecule has 0 radical (unpaired) electrons. The van der Waals surface area contributed by atoms with Gasteiger partial charge in [0, 0.05) is 31.4 Å². The summed E-state index contributed by atoms with van der Waals surface area (Å²) in [5, 5.41) is 14.8. The van der Waals surface area contributed by atoms with Gasteiger partial charge in [0.25, 0.3) is 5.91 Å². The highest BCUT2D eigenvalue weighted by Gasteiger charge is 2.56. The number of carbonyl (C=O) groups is 1. The summed E-state index contributed by atoms with van der Waals surface area (Å²) in [6.45, 7) is 2.26. The van der Waals surface area contributed by atoms with Crippen LogP contribution in [0.25, 0.3) is 0 Å². The van der Waals surface area contributed by atoms with Gasteiger partial charge in [-0.2, -0.15) is 0 Å². The molecule has 1 amide bonds. The summed E-state index contributed by atoms with van der Waals surface area (Å²) in [5.74, 6) is 3.36. The van der Waals surface area contributed by atoms with Crippen LogP contribution in [0.5, 0.6) is 0 Å². The number of aliphatic hydroxyl groups is 1. The molecule has 4 saturated carbocycles. The van der Waals surface area contributed by atoms with Crippen LogP contribution in [0, 0.1) is 23.7 Å². The van der Waals surface area contributed by atoms with Gasteiger partial charge in [0.1, 0.15) is 5.82 Å². The fourth-order valence-electron chi connectivity index (χ4n) is 6.46. The number of carbonyl (C=O) groups excluding carboxylic acids is 1. The van der Waals surface area contributed by atoms with Crippen molar-refractivity contribution < 1.29 is 9.90 Å². The highest BCUT2D eigenvalue weighted by molar-refractivity contribution is 5.94. The Hall–Kier alpha value is -1.62. The van der Waals surface area contributed by atoms with Crippen LogP contribution < -0.4 is 5.32 Å². The number of pyridine rings is 1. The first kappa shape index (κ1) is 17.5. The molecule has 4 bridgehead atoms. The molecule has 1 aromatic heterocycles. The van der Waals surface area contributed by atoms with E-state index in [2.05, 4.69) is 10.3 Å².